The van der Waals surface area contributed by atoms with Crippen LogP contribution in [0.4, 0.5) is 17.6 Å². The molecule has 28 heavy (non-hydrogen) atoms. The highest BCUT2D eigenvalue weighted by Crippen LogP contribution is 2.28. The number of halogens is 4. The number of ether oxygens (including phenoxy) is 1. The highest BCUT2D eigenvalue weighted by Gasteiger charge is 2.31. The summed E-state index contributed by atoms with van der Waals surface area (Å²) in [4.78, 5) is 11.5. The molecule has 0 bridgehead atoms. The van der Waals surface area contributed by atoms with E-state index in [1.54, 1.807) is 0 Å². The third kappa shape index (κ3) is 4.09. The number of oxazole rings is 1. The van der Waals surface area contributed by atoms with E-state index in [4.69, 9.17) is 4.42 Å². The smallest absolute Gasteiger partial charge is 0.415 e. The molecule has 1 aromatic heterocycles. The van der Waals surface area contributed by atoms with Crippen LogP contribution >= 0.6 is 0 Å². The van der Waals surface area contributed by atoms with E-state index in [0.717, 1.165) is 41.4 Å². The van der Waals surface area contributed by atoms with Crippen LogP contribution in [-0.2, 0) is 9.84 Å². The average Bonchev–Trinajstić information content (AvgIpc) is 2.94. The average molecular weight is 417 g/mol. The minimum absolute atomic E-state index is 0.00751. The van der Waals surface area contributed by atoms with Gasteiger partial charge in [-0.15, -0.1) is 13.2 Å². The van der Waals surface area contributed by atoms with Gasteiger partial charge in [-0.2, -0.15) is 0 Å². The fourth-order valence-corrected chi connectivity index (χ4v) is 3.26. The van der Waals surface area contributed by atoms with Gasteiger partial charge in [0.1, 0.15) is 22.7 Å². The van der Waals surface area contributed by atoms with Gasteiger partial charge in [0.05, 0.1) is 11.4 Å². The van der Waals surface area contributed by atoms with Crippen molar-refractivity contribution in [1.29, 1.82) is 0 Å². The predicted molar refractivity (Wildman–Crippen MR) is 89.5 cm³/mol. The second-order valence-corrected chi connectivity index (χ2v) is 7.67. The van der Waals surface area contributed by atoms with Gasteiger partial charge in [0, 0.05) is 17.9 Å². The number of hydrogen-bond donors (Lipinski definition) is 0. The Morgan fingerprint density at radius 2 is 1.82 bits per heavy atom. The fourth-order valence-electron chi connectivity index (χ4n) is 2.53. The van der Waals surface area contributed by atoms with Crippen molar-refractivity contribution in [2.75, 3.05) is 6.26 Å². The summed E-state index contributed by atoms with van der Waals surface area (Å²) >= 11 is 0. The Balaban J connectivity index is 2.11. The maximum Gasteiger partial charge on any atom is 0.573 e. The van der Waals surface area contributed by atoms with E-state index in [2.05, 4.69) is 4.74 Å². The molecule has 0 N–H and O–H groups in total. The van der Waals surface area contributed by atoms with Gasteiger partial charge in [-0.1, -0.05) is 12.1 Å². The van der Waals surface area contributed by atoms with Gasteiger partial charge in [-0.05, 0) is 24.3 Å². The minimum Gasteiger partial charge on any atom is -0.415 e. The first kappa shape index (κ1) is 19.7. The summed E-state index contributed by atoms with van der Waals surface area (Å²) in [5, 5.41) is 0. The van der Waals surface area contributed by atoms with E-state index < -0.39 is 38.4 Å². The van der Waals surface area contributed by atoms with Crippen LogP contribution in [0.2, 0.25) is 0 Å². The van der Waals surface area contributed by atoms with E-state index >= 15 is 0 Å². The molecule has 11 heteroatoms. The van der Waals surface area contributed by atoms with Crippen molar-refractivity contribution in [2.24, 2.45) is 0 Å². The zero-order valence-corrected chi connectivity index (χ0v) is 14.8. The highest BCUT2D eigenvalue weighted by atomic mass is 32.2. The van der Waals surface area contributed by atoms with Gasteiger partial charge in [0.2, 0.25) is 0 Å². The van der Waals surface area contributed by atoms with Crippen molar-refractivity contribution in [2.45, 2.75) is 11.3 Å². The lowest BCUT2D eigenvalue weighted by Crippen LogP contribution is -2.18. The Bertz CT molecular complexity index is 1190. The van der Waals surface area contributed by atoms with Gasteiger partial charge < -0.3 is 9.15 Å². The molecular weight excluding hydrogens is 406 g/mol. The van der Waals surface area contributed by atoms with Crippen molar-refractivity contribution in [3.63, 3.8) is 0 Å². The molecule has 1 heterocycles. The van der Waals surface area contributed by atoms with Crippen LogP contribution in [0.1, 0.15) is 0 Å². The summed E-state index contributed by atoms with van der Waals surface area (Å²) in [6.07, 6.45) is -3.10. The fraction of sp³-hybridized carbons (Fsp3) is 0.118. The normalized spacial score (nSPS) is 12.2. The number of benzene rings is 2. The van der Waals surface area contributed by atoms with Crippen LogP contribution in [-0.4, -0.2) is 25.6 Å². The summed E-state index contributed by atoms with van der Waals surface area (Å²) in [5.41, 5.74) is 0.0640. The van der Waals surface area contributed by atoms with Crippen LogP contribution in [0.5, 0.6) is 5.75 Å². The molecule has 0 unspecified atom stereocenters. The van der Waals surface area contributed by atoms with Crippen molar-refractivity contribution in [1.82, 2.24) is 4.57 Å². The third-order valence-electron chi connectivity index (χ3n) is 3.63. The Labute approximate surface area is 155 Å². The van der Waals surface area contributed by atoms with E-state index in [1.807, 2.05) is 0 Å². The molecule has 0 amide bonds. The second kappa shape index (κ2) is 6.82. The topological polar surface area (TPSA) is 78.5 Å². The summed E-state index contributed by atoms with van der Waals surface area (Å²) < 4.78 is 84.0. The van der Waals surface area contributed by atoms with Crippen LogP contribution < -0.4 is 10.5 Å². The largest absolute Gasteiger partial charge is 0.573 e. The van der Waals surface area contributed by atoms with E-state index in [1.165, 1.54) is 18.2 Å². The van der Waals surface area contributed by atoms with E-state index in [9.17, 15) is 30.8 Å². The van der Waals surface area contributed by atoms with Gasteiger partial charge in [0.15, 0.2) is 9.84 Å². The Morgan fingerprint density at radius 1 is 1.11 bits per heavy atom. The van der Waals surface area contributed by atoms with E-state index in [0.29, 0.717) is 0 Å². The number of rotatable bonds is 4. The molecule has 0 saturated heterocycles. The van der Waals surface area contributed by atoms with Gasteiger partial charge >= 0.3 is 12.1 Å². The monoisotopic (exact) mass is 417 g/mol. The van der Waals surface area contributed by atoms with Crippen LogP contribution in [0.25, 0.3) is 16.9 Å². The maximum absolute atomic E-state index is 14.2. The van der Waals surface area contributed by atoms with Gasteiger partial charge in [0.25, 0.3) is 0 Å². The first-order chi connectivity index (χ1) is 13.0. The Morgan fingerprint density at radius 3 is 2.43 bits per heavy atom. The van der Waals surface area contributed by atoms with Crippen molar-refractivity contribution >= 4 is 9.84 Å². The third-order valence-corrected chi connectivity index (χ3v) is 4.76. The number of nitrogens with zero attached hydrogens (tertiary/aromatic N) is 1. The Hall–Kier alpha value is -3.08. The lowest BCUT2D eigenvalue weighted by Gasteiger charge is -2.11. The number of hydrogen-bond acceptors (Lipinski definition) is 5. The van der Waals surface area contributed by atoms with E-state index in [-0.39, 0.29) is 16.9 Å². The molecule has 148 valence electrons. The first-order valence-corrected chi connectivity index (χ1v) is 9.41. The molecule has 3 aromatic rings. The lowest BCUT2D eigenvalue weighted by molar-refractivity contribution is -0.274. The maximum atomic E-state index is 14.2. The Kier molecular flexibility index (Phi) is 4.79. The SMILES string of the molecule is CS(=O)(=O)c1ccc(-c2coc(=O)n2-c2cccc(OC(F)(F)F)c2)cc1F. The molecule has 0 radical (unpaired) electrons. The van der Waals surface area contributed by atoms with Crippen molar-refractivity contribution in [3.05, 3.63) is 65.1 Å². The number of alkyl halides is 3. The van der Waals surface area contributed by atoms with Crippen LogP contribution in [0, 0.1) is 5.82 Å². The first-order valence-electron chi connectivity index (χ1n) is 7.52. The van der Waals surface area contributed by atoms with Crippen LogP contribution in [0.15, 0.2) is 62.8 Å². The van der Waals surface area contributed by atoms with Crippen molar-refractivity contribution < 1.29 is 35.1 Å². The molecule has 3 rings (SSSR count). The van der Waals surface area contributed by atoms with Crippen LogP contribution in [0.3, 0.4) is 0 Å². The summed E-state index contributed by atoms with van der Waals surface area (Å²) in [6, 6.07) is 7.70. The molecule has 0 aliphatic carbocycles. The molecule has 0 aliphatic heterocycles. The second-order valence-electron chi connectivity index (χ2n) is 5.68. The molecule has 0 fully saturated rings. The quantitative estimate of drug-likeness (QED) is 0.607. The summed E-state index contributed by atoms with van der Waals surface area (Å²) in [5.74, 6) is -2.55. The molecular formula is C17H11F4NO5S. The molecule has 6 nitrogen and oxygen atoms in total. The van der Waals surface area contributed by atoms with Crippen molar-refractivity contribution in [3.8, 4) is 22.7 Å². The number of aromatic nitrogens is 1. The standard InChI is InChI=1S/C17H11F4NO5S/c1-28(24,25)15-6-5-10(7-13(15)18)14-9-26-16(23)22(14)11-3-2-4-12(8-11)27-17(19,20)21/h2-9H,1H3. The predicted octanol–water partition coefficient (Wildman–Crippen LogP) is 3.54. The highest BCUT2D eigenvalue weighted by molar-refractivity contribution is 7.90. The van der Waals surface area contributed by atoms with Gasteiger partial charge in [-0.25, -0.2) is 22.2 Å². The molecule has 2 aromatic carbocycles. The number of sulfone groups is 1. The summed E-state index contributed by atoms with van der Waals surface area (Å²) in [6.45, 7) is 0. The molecule has 0 aliphatic rings. The zero-order chi connectivity index (χ0) is 20.7. The minimum atomic E-state index is -4.92. The molecule has 0 atom stereocenters. The lowest BCUT2D eigenvalue weighted by atomic mass is 10.1. The summed E-state index contributed by atoms with van der Waals surface area (Å²) in [7, 11) is -3.80. The van der Waals surface area contributed by atoms with Gasteiger partial charge in [-0.3, -0.25) is 0 Å². The molecule has 0 saturated carbocycles. The zero-order valence-electron chi connectivity index (χ0n) is 14.0. The molecule has 0 spiro atoms.